The molecular formula is C15H21NO2. The molecule has 0 radical (unpaired) electrons. The summed E-state index contributed by atoms with van der Waals surface area (Å²) < 4.78 is 5.22. The molecule has 1 aliphatic rings. The molecule has 2 rings (SSSR count). The number of nitrogens with two attached hydrogens (primary N) is 1. The highest BCUT2D eigenvalue weighted by Crippen LogP contribution is 2.29. The second-order valence-electron chi connectivity index (χ2n) is 5.05. The first-order chi connectivity index (χ1) is 8.75. The van der Waals surface area contributed by atoms with Crippen molar-refractivity contribution in [1.82, 2.24) is 0 Å². The van der Waals surface area contributed by atoms with E-state index in [0.29, 0.717) is 13.0 Å². The lowest BCUT2D eigenvalue weighted by molar-refractivity contribution is -0.145. The molecule has 0 aromatic heterocycles. The largest absolute Gasteiger partial charge is 0.465 e. The van der Waals surface area contributed by atoms with Gasteiger partial charge >= 0.3 is 5.97 Å². The zero-order chi connectivity index (χ0) is 12.8. The number of benzene rings is 1. The van der Waals surface area contributed by atoms with Crippen LogP contribution in [0.25, 0.3) is 0 Å². The first-order valence-corrected chi connectivity index (χ1v) is 6.72. The maximum atomic E-state index is 11.7. The van der Waals surface area contributed by atoms with E-state index in [1.165, 1.54) is 19.3 Å². The van der Waals surface area contributed by atoms with Gasteiger partial charge in [0.05, 0.1) is 6.61 Å². The predicted octanol–water partition coefficient (Wildman–Crippen LogP) is 2.29. The van der Waals surface area contributed by atoms with Crippen molar-refractivity contribution in [3.8, 4) is 0 Å². The van der Waals surface area contributed by atoms with Crippen LogP contribution in [0.1, 0.15) is 31.2 Å². The summed E-state index contributed by atoms with van der Waals surface area (Å²) >= 11 is 0. The number of ether oxygens (including phenoxy) is 1. The minimum Gasteiger partial charge on any atom is -0.465 e. The van der Waals surface area contributed by atoms with E-state index in [9.17, 15) is 4.79 Å². The highest BCUT2D eigenvalue weighted by molar-refractivity contribution is 5.75. The summed E-state index contributed by atoms with van der Waals surface area (Å²) in [5.41, 5.74) is 6.91. The molecule has 2 N–H and O–H groups in total. The van der Waals surface area contributed by atoms with Crippen LogP contribution in [0.3, 0.4) is 0 Å². The fraction of sp³-hybridized carbons (Fsp3) is 0.533. The van der Waals surface area contributed by atoms with Gasteiger partial charge in [0, 0.05) is 0 Å². The molecule has 0 aliphatic heterocycles. The van der Waals surface area contributed by atoms with Crippen molar-refractivity contribution in [1.29, 1.82) is 0 Å². The van der Waals surface area contributed by atoms with E-state index in [4.69, 9.17) is 10.5 Å². The minimum absolute atomic E-state index is 0.279. The highest BCUT2D eigenvalue weighted by Gasteiger charge is 2.19. The number of carbonyl (C=O) groups is 1. The second-order valence-corrected chi connectivity index (χ2v) is 5.05. The first kappa shape index (κ1) is 13.1. The fourth-order valence-electron chi connectivity index (χ4n) is 2.17. The summed E-state index contributed by atoms with van der Waals surface area (Å²) in [6, 6.07) is 9.25. The molecule has 0 heterocycles. The summed E-state index contributed by atoms with van der Waals surface area (Å²) in [7, 11) is 0. The van der Waals surface area contributed by atoms with Crippen molar-refractivity contribution >= 4 is 5.97 Å². The Bertz CT molecular complexity index is 373. The molecule has 0 spiro atoms. The van der Waals surface area contributed by atoms with Gasteiger partial charge in [-0.15, -0.1) is 0 Å². The number of hydrogen-bond donors (Lipinski definition) is 1. The van der Waals surface area contributed by atoms with E-state index < -0.39 is 6.04 Å². The van der Waals surface area contributed by atoms with Crippen molar-refractivity contribution in [2.45, 2.75) is 38.1 Å². The van der Waals surface area contributed by atoms with Gasteiger partial charge in [0.15, 0.2) is 0 Å². The summed E-state index contributed by atoms with van der Waals surface area (Å²) in [5.74, 6) is 0.487. The topological polar surface area (TPSA) is 52.3 Å². The van der Waals surface area contributed by atoms with Crippen LogP contribution in [-0.2, 0) is 16.0 Å². The van der Waals surface area contributed by atoms with Crippen LogP contribution in [0, 0.1) is 5.92 Å². The number of hydrogen-bond acceptors (Lipinski definition) is 3. The quantitative estimate of drug-likeness (QED) is 0.785. The van der Waals surface area contributed by atoms with Crippen LogP contribution >= 0.6 is 0 Å². The molecule has 3 heteroatoms. The molecule has 1 atom stereocenters. The van der Waals surface area contributed by atoms with Gasteiger partial charge in [-0.25, -0.2) is 0 Å². The zero-order valence-electron chi connectivity index (χ0n) is 10.7. The summed E-state index contributed by atoms with van der Waals surface area (Å²) in [4.78, 5) is 11.7. The van der Waals surface area contributed by atoms with Crippen molar-refractivity contribution in [3.63, 3.8) is 0 Å². The van der Waals surface area contributed by atoms with Crippen LogP contribution in [0.4, 0.5) is 0 Å². The molecule has 18 heavy (non-hydrogen) atoms. The Morgan fingerprint density at radius 3 is 2.67 bits per heavy atom. The Hall–Kier alpha value is -1.35. The van der Waals surface area contributed by atoms with Gasteiger partial charge in [0.25, 0.3) is 0 Å². The Labute approximate surface area is 108 Å². The van der Waals surface area contributed by atoms with Crippen LogP contribution in [0.5, 0.6) is 0 Å². The maximum absolute atomic E-state index is 11.7. The van der Waals surface area contributed by atoms with E-state index in [0.717, 1.165) is 17.9 Å². The molecule has 0 saturated heterocycles. The Balaban J connectivity index is 1.67. The molecule has 3 nitrogen and oxygen atoms in total. The smallest absolute Gasteiger partial charge is 0.323 e. The summed E-state index contributed by atoms with van der Waals surface area (Å²) in [6.07, 6.45) is 5.43. The molecule has 1 fully saturated rings. The standard InChI is InChI=1S/C15H21NO2/c16-14(11-13-5-2-1-3-6-13)15(17)18-10-9-12-7-4-8-12/h1-3,5-6,12,14H,4,7-11,16H2/t14-/m1/s1. The monoisotopic (exact) mass is 247 g/mol. The normalized spacial score (nSPS) is 16.9. The van der Waals surface area contributed by atoms with Gasteiger partial charge in [-0.05, 0) is 24.3 Å². The molecule has 98 valence electrons. The van der Waals surface area contributed by atoms with Crippen molar-refractivity contribution in [2.75, 3.05) is 6.61 Å². The maximum Gasteiger partial charge on any atom is 0.323 e. The van der Waals surface area contributed by atoms with Crippen molar-refractivity contribution < 1.29 is 9.53 Å². The van der Waals surface area contributed by atoms with Gasteiger partial charge in [0.2, 0.25) is 0 Å². The Morgan fingerprint density at radius 2 is 2.06 bits per heavy atom. The third-order valence-electron chi connectivity index (χ3n) is 3.60. The molecule has 1 saturated carbocycles. The number of rotatable bonds is 6. The third kappa shape index (κ3) is 3.84. The zero-order valence-corrected chi connectivity index (χ0v) is 10.7. The average Bonchev–Trinajstić information content (AvgIpc) is 2.33. The molecule has 1 aromatic rings. The lowest BCUT2D eigenvalue weighted by Crippen LogP contribution is -2.34. The molecule has 0 unspecified atom stereocenters. The van der Waals surface area contributed by atoms with Gasteiger partial charge in [-0.2, -0.15) is 0 Å². The molecule has 0 bridgehead atoms. The van der Waals surface area contributed by atoms with E-state index in [1.54, 1.807) is 0 Å². The lowest BCUT2D eigenvalue weighted by atomic mass is 9.83. The van der Waals surface area contributed by atoms with Gasteiger partial charge in [0.1, 0.15) is 6.04 Å². The Kier molecular flexibility index (Phi) is 4.76. The van der Waals surface area contributed by atoms with Gasteiger partial charge < -0.3 is 10.5 Å². The van der Waals surface area contributed by atoms with E-state index in [-0.39, 0.29) is 5.97 Å². The van der Waals surface area contributed by atoms with Crippen LogP contribution in [0.15, 0.2) is 30.3 Å². The lowest BCUT2D eigenvalue weighted by Gasteiger charge is -2.25. The molecular weight excluding hydrogens is 226 g/mol. The summed E-state index contributed by atoms with van der Waals surface area (Å²) in [6.45, 7) is 0.520. The molecule has 0 amide bonds. The molecule has 1 aromatic carbocycles. The predicted molar refractivity (Wildman–Crippen MR) is 71.0 cm³/mol. The van der Waals surface area contributed by atoms with E-state index in [1.807, 2.05) is 30.3 Å². The minimum atomic E-state index is -0.547. The van der Waals surface area contributed by atoms with Gasteiger partial charge in [-0.3, -0.25) is 4.79 Å². The van der Waals surface area contributed by atoms with Crippen molar-refractivity contribution in [3.05, 3.63) is 35.9 Å². The first-order valence-electron chi connectivity index (χ1n) is 6.72. The second kappa shape index (κ2) is 6.55. The SMILES string of the molecule is N[C@H](Cc1ccccc1)C(=O)OCCC1CCC1. The van der Waals surface area contributed by atoms with Crippen LogP contribution in [0.2, 0.25) is 0 Å². The average molecular weight is 247 g/mol. The number of esters is 1. The highest BCUT2D eigenvalue weighted by atomic mass is 16.5. The molecule has 1 aliphatic carbocycles. The van der Waals surface area contributed by atoms with Gasteiger partial charge in [-0.1, -0.05) is 49.6 Å². The number of carbonyl (C=O) groups excluding carboxylic acids is 1. The van der Waals surface area contributed by atoms with E-state index in [2.05, 4.69) is 0 Å². The van der Waals surface area contributed by atoms with Crippen LogP contribution in [-0.4, -0.2) is 18.6 Å². The fourth-order valence-corrected chi connectivity index (χ4v) is 2.17. The summed E-state index contributed by atoms with van der Waals surface area (Å²) in [5, 5.41) is 0. The third-order valence-corrected chi connectivity index (χ3v) is 3.60. The van der Waals surface area contributed by atoms with E-state index >= 15 is 0 Å². The van der Waals surface area contributed by atoms with Crippen LogP contribution < -0.4 is 5.73 Å². The Morgan fingerprint density at radius 1 is 1.33 bits per heavy atom. The van der Waals surface area contributed by atoms with Crippen molar-refractivity contribution in [2.24, 2.45) is 11.7 Å².